The molecule has 0 aromatic carbocycles. The first kappa shape index (κ1) is 12.4. The van der Waals surface area contributed by atoms with Gasteiger partial charge < -0.3 is 10.2 Å². The summed E-state index contributed by atoms with van der Waals surface area (Å²) in [6.45, 7) is 3.44. The predicted octanol–water partition coefficient (Wildman–Crippen LogP) is 0.0116. The van der Waals surface area contributed by atoms with Crippen molar-refractivity contribution in [2.75, 3.05) is 13.2 Å². The number of nitrogens with one attached hydrogen (secondary N) is 1. The fraction of sp³-hybridized carbons (Fsp3) is 0.889. The molecule has 0 aliphatic carbocycles. The van der Waals surface area contributed by atoms with Gasteiger partial charge in [-0.05, 0) is 12.8 Å². The lowest BCUT2D eigenvalue weighted by Crippen LogP contribution is -2.54. The number of nitrogens with zero attached hydrogens (tertiary/aromatic N) is 1. The van der Waals surface area contributed by atoms with Gasteiger partial charge in [-0.1, -0.05) is 13.8 Å². The van der Waals surface area contributed by atoms with Crippen molar-refractivity contribution in [3.8, 4) is 6.07 Å². The van der Waals surface area contributed by atoms with E-state index in [1.165, 1.54) is 0 Å². The molecule has 0 heterocycles. The van der Waals surface area contributed by atoms with Crippen LogP contribution in [0, 0.1) is 11.3 Å². The largest absolute Gasteiger partial charge is 0.394 e. The first-order chi connectivity index (χ1) is 6.17. The summed E-state index contributed by atoms with van der Waals surface area (Å²) in [5, 5.41) is 29.8. The maximum Gasteiger partial charge on any atom is 0.0955 e. The third-order valence-electron chi connectivity index (χ3n) is 2.33. The number of aliphatic hydroxyl groups is 2. The second-order valence-electron chi connectivity index (χ2n) is 3.18. The van der Waals surface area contributed by atoms with Crippen LogP contribution in [0.3, 0.4) is 0 Å². The van der Waals surface area contributed by atoms with Gasteiger partial charge in [0.05, 0.1) is 30.9 Å². The fourth-order valence-electron chi connectivity index (χ4n) is 1.06. The summed E-state index contributed by atoms with van der Waals surface area (Å²) in [7, 11) is 0. The summed E-state index contributed by atoms with van der Waals surface area (Å²) in [6.07, 6.45) is 1.26. The number of rotatable bonds is 6. The fourth-order valence-corrected chi connectivity index (χ4v) is 1.06. The first-order valence-corrected chi connectivity index (χ1v) is 4.57. The highest BCUT2D eigenvalue weighted by Gasteiger charge is 2.28. The molecule has 0 aromatic heterocycles. The maximum absolute atomic E-state index is 9.08. The Kier molecular flexibility index (Phi) is 5.63. The highest BCUT2D eigenvalue weighted by Crippen LogP contribution is 2.10. The zero-order valence-electron chi connectivity index (χ0n) is 8.25. The summed E-state index contributed by atoms with van der Waals surface area (Å²) in [5.74, 6) is 0. The van der Waals surface area contributed by atoms with Crippen molar-refractivity contribution < 1.29 is 10.2 Å². The minimum Gasteiger partial charge on any atom is -0.394 e. The smallest absolute Gasteiger partial charge is 0.0955 e. The highest BCUT2D eigenvalue weighted by molar-refractivity contribution is 4.97. The van der Waals surface area contributed by atoms with E-state index >= 15 is 0 Å². The molecule has 0 aliphatic heterocycles. The Bertz CT molecular complexity index is 165. The van der Waals surface area contributed by atoms with Crippen molar-refractivity contribution in [3.63, 3.8) is 0 Å². The zero-order valence-corrected chi connectivity index (χ0v) is 8.25. The van der Waals surface area contributed by atoms with Crippen LogP contribution in [-0.4, -0.2) is 35.0 Å². The second kappa shape index (κ2) is 5.92. The molecule has 0 aliphatic rings. The van der Waals surface area contributed by atoms with Crippen LogP contribution in [0.25, 0.3) is 0 Å². The molecule has 0 radical (unpaired) electrons. The molecular weight excluding hydrogens is 168 g/mol. The van der Waals surface area contributed by atoms with Gasteiger partial charge in [0.15, 0.2) is 0 Å². The normalized spacial score (nSPS) is 13.8. The topological polar surface area (TPSA) is 76.3 Å². The number of hydrogen-bond acceptors (Lipinski definition) is 4. The van der Waals surface area contributed by atoms with Crippen LogP contribution in [0.1, 0.15) is 26.7 Å². The molecule has 1 atom stereocenters. The molecule has 0 spiro atoms. The molecule has 0 rings (SSSR count). The zero-order chi connectivity index (χ0) is 10.3. The minimum atomic E-state index is -0.712. The SMILES string of the molecule is CCC(C#N)NC(CC)(CO)CO. The van der Waals surface area contributed by atoms with Crippen LogP contribution in [-0.2, 0) is 0 Å². The van der Waals surface area contributed by atoms with Crippen molar-refractivity contribution in [1.29, 1.82) is 5.26 Å². The molecule has 1 unspecified atom stereocenters. The van der Waals surface area contributed by atoms with Gasteiger partial charge in [0, 0.05) is 0 Å². The third kappa shape index (κ3) is 3.31. The summed E-state index contributed by atoms with van der Waals surface area (Å²) >= 11 is 0. The minimum absolute atomic E-state index is 0.155. The van der Waals surface area contributed by atoms with Crippen LogP contribution in [0.4, 0.5) is 0 Å². The van der Waals surface area contributed by atoms with E-state index in [0.717, 1.165) is 0 Å². The van der Waals surface area contributed by atoms with Crippen molar-refractivity contribution in [2.24, 2.45) is 0 Å². The number of nitriles is 1. The average molecular weight is 186 g/mol. The van der Waals surface area contributed by atoms with Crippen LogP contribution in [0.2, 0.25) is 0 Å². The third-order valence-corrected chi connectivity index (χ3v) is 2.33. The van der Waals surface area contributed by atoms with Gasteiger partial charge in [-0.2, -0.15) is 5.26 Å². The first-order valence-electron chi connectivity index (χ1n) is 4.57. The standard InChI is InChI=1S/C9H18N2O2/c1-3-8(5-10)11-9(4-2,6-12)7-13/h8,11-13H,3-4,6-7H2,1-2H3. The van der Waals surface area contributed by atoms with Crippen LogP contribution < -0.4 is 5.32 Å². The van der Waals surface area contributed by atoms with Crippen LogP contribution >= 0.6 is 0 Å². The Hall–Kier alpha value is -0.630. The van der Waals surface area contributed by atoms with Gasteiger partial charge in [-0.25, -0.2) is 0 Å². The Morgan fingerprint density at radius 2 is 1.92 bits per heavy atom. The molecular formula is C9H18N2O2. The van der Waals surface area contributed by atoms with Crippen molar-refractivity contribution >= 4 is 0 Å². The highest BCUT2D eigenvalue weighted by atomic mass is 16.3. The van der Waals surface area contributed by atoms with Crippen LogP contribution in [0.5, 0.6) is 0 Å². The van der Waals surface area contributed by atoms with E-state index < -0.39 is 5.54 Å². The number of hydrogen-bond donors (Lipinski definition) is 3. The van der Waals surface area contributed by atoms with Gasteiger partial charge in [0.1, 0.15) is 0 Å². The van der Waals surface area contributed by atoms with Crippen molar-refractivity contribution in [1.82, 2.24) is 5.32 Å². The van der Waals surface area contributed by atoms with E-state index in [-0.39, 0.29) is 19.3 Å². The van der Waals surface area contributed by atoms with E-state index in [1.807, 2.05) is 13.8 Å². The Labute approximate surface area is 79.2 Å². The maximum atomic E-state index is 9.08. The van der Waals surface area contributed by atoms with Crippen molar-refractivity contribution in [3.05, 3.63) is 0 Å². The molecule has 76 valence electrons. The van der Waals surface area contributed by atoms with Crippen LogP contribution in [0.15, 0.2) is 0 Å². The molecule has 0 fully saturated rings. The van der Waals surface area contributed by atoms with E-state index in [0.29, 0.717) is 12.8 Å². The summed E-state index contributed by atoms with van der Waals surface area (Å²) in [5.41, 5.74) is -0.712. The molecule has 0 aromatic rings. The summed E-state index contributed by atoms with van der Waals surface area (Å²) in [4.78, 5) is 0. The number of aliphatic hydroxyl groups excluding tert-OH is 2. The second-order valence-corrected chi connectivity index (χ2v) is 3.18. The molecule has 13 heavy (non-hydrogen) atoms. The van der Waals surface area contributed by atoms with E-state index in [2.05, 4.69) is 11.4 Å². The van der Waals surface area contributed by atoms with E-state index in [9.17, 15) is 0 Å². The molecule has 4 nitrogen and oxygen atoms in total. The van der Waals surface area contributed by atoms with Crippen molar-refractivity contribution in [2.45, 2.75) is 38.3 Å². The Balaban J connectivity index is 4.32. The monoisotopic (exact) mass is 186 g/mol. The van der Waals surface area contributed by atoms with Gasteiger partial charge >= 0.3 is 0 Å². The van der Waals surface area contributed by atoms with E-state index in [1.54, 1.807) is 0 Å². The van der Waals surface area contributed by atoms with Gasteiger partial charge in [0.2, 0.25) is 0 Å². The lowest BCUT2D eigenvalue weighted by Gasteiger charge is -2.31. The lowest BCUT2D eigenvalue weighted by atomic mass is 9.97. The van der Waals surface area contributed by atoms with Gasteiger partial charge in [-0.15, -0.1) is 0 Å². The average Bonchev–Trinajstić information content (AvgIpc) is 2.21. The Morgan fingerprint density at radius 3 is 2.15 bits per heavy atom. The molecule has 4 heteroatoms. The molecule has 0 amide bonds. The lowest BCUT2D eigenvalue weighted by molar-refractivity contribution is 0.0823. The molecule has 0 bridgehead atoms. The summed E-state index contributed by atoms with van der Waals surface area (Å²) in [6, 6.07) is 1.77. The Morgan fingerprint density at radius 1 is 1.38 bits per heavy atom. The van der Waals surface area contributed by atoms with Gasteiger partial charge in [-0.3, -0.25) is 5.32 Å². The predicted molar refractivity (Wildman–Crippen MR) is 50.0 cm³/mol. The van der Waals surface area contributed by atoms with E-state index in [4.69, 9.17) is 15.5 Å². The molecule has 0 saturated heterocycles. The molecule has 0 saturated carbocycles. The molecule has 3 N–H and O–H groups in total. The van der Waals surface area contributed by atoms with Gasteiger partial charge in [0.25, 0.3) is 0 Å². The quantitative estimate of drug-likeness (QED) is 0.546. The summed E-state index contributed by atoms with van der Waals surface area (Å²) < 4.78 is 0.